The molecule has 0 rings (SSSR count). The van der Waals surface area contributed by atoms with E-state index in [2.05, 4.69) is 10.6 Å². The van der Waals surface area contributed by atoms with E-state index in [1.807, 2.05) is 0 Å². The summed E-state index contributed by atoms with van der Waals surface area (Å²) in [6, 6.07) is -1.67. The van der Waals surface area contributed by atoms with Crippen molar-refractivity contribution in [3.63, 3.8) is 0 Å². The Balaban J connectivity index is 4.20. The molecule has 0 aliphatic carbocycles. The summed E-state index contributed by atoms with van der Waals surface area (Å²) in [5, 5.41) is 13.8. The Bertz CT molecular complexity index is 360. The zero-order valence-corrected chi connectivity index (χ0v) is 12.6. The van der Waals surface area contributed by atoms with E-state index in [0.717, 1.165) is 0 Å². The first-order valence-electron chi connectivity index (χ1n) is 7.05. The quantitative estimate of drug-likeness (QED) is 0.320. The summed E-state index contributed by atoms with van der Waals surface area (Å²) in [6.07, 6.45) is 1.61. The second-order valence-electron chi connectivity index (χ2n) is 5.23. The summed E-state index contributed by atoms with van der Waals surface area (Å²) in [6.45, 7) is 3.77. The summed E-state index contributed by atoms with van der Waals surface area (Å²) in [4.78, 5) is 34.2. The van der Waals surface area contributed by atoms with Gasteiger partial charge in [0, 0.05) is 0 Å². The fourth-order valence-corrected chi connectivity index (χ4v) is 1.58. The molecule has 0 fully saturated rings. The van der Waals surface area contributed by atoms with Crippen LogP contribution in [-0.2, 0) is 14.4 Å². The molecule has 8 heteroatoms. The van der Waals surface area contributed by atoms with Gasteiger partial charge in [-0.2, -0.15) is 0 Å². The molecule has 21 heavy (non-hydrogen) atoms. The molecule has 122 valence electrons. The Morgan fingerprint density at radius 2 is 1.81 bits per heavy atom. The van der Waals surface area contributed by atoms with Crippen molar-refractivity contribution in [1.29, 1.82) is 0 Å². The number of unbranched alkanes of at least 4 members (excludes halogenated alkanes) is 1. The van der Waals surface area contributed by atoms with Crippen molar-refractivity contribution < 1.29 is 19.5 Å². The number of nitrogens with one attached hydrogen (secondary N) is 2. The molecule has 0 aromatic rings. The van der Waals surface area contributed by atoms with Crippen LogP contribution < -0.4 is 22.1 Å². The summed E-state index contributed by atoms with van der Waals surface area (Å²) >= 11 is 0. The van der Waals surface area contributed by atoms with Crippen molar-refractivity contribution in [1.82, 2.24) is 10.6 Å². The Morgan fingerprint density at radius 3 is 2.29 bits per heavy atom. The maximum atomic E-state index is 11.6. The van der Waals surface area contributed by atoms with Crippen LogP contribution in [0.3, 0.4) is 0 Å². The first kappa shape index (κ1) is 19.3. The van der Waals surface area contributed by atoms with Crippen LogP contribution >= 0.6 is 0 Å². The number of aliphatic carboxylic acids is 1. The molecule has 8 nitrogen and oxygen atoms in total. The van der Waals surface area contributed by atoms with Gasteiger partial charge in [-0.05, 0) is 31.7 Å². The molecule has 0 spiro atoms. The normalized spacial score (nSPS) is 13.6. The van der Waals surface area contributed by atoms with Crippen LogP contribution in [0.5, 0.6) is 0 Å². The van der Waals surface area contributed by atoms with Crippen molar-refractivity contribution in [2.45, 2.75) is 45.2 Å². The molecule has 0 aromatic heterocycles. The van der Waals surface area contributed by atoms with Crippen molar-refractivity contribution in [2.24, 2.45) is 17.4 Å². The summed E-state index contributed by atoms with van der Waals surface area (Å²) < 4.78 is 0. The molecular formula is C13H26N4O4. The number of carbonyl (C=O) groups is 3. The van der Waals surface area contributed by atoms with Crippen LogP contribution in [-0.4, -0.2) is 48.1 Å². The van der Waals surface area contributed by atoms with Gasteiger partial charge in [-0.3, -0.25) is 9.59 Å². The van der Waals surface area contributed by atoms with Gasteiger partial charge >= 0.3 is 5.97 Å². The monoisotopic (exact) mass is 302 g/mol. The Kier molecular flexibility index (Phi) is 9.31. The number of carbonyl (C=O) groups excluding carboxylic acids is 2. The molecular weight excluding hydrogens is 276 g/mol. The Hall–Kier alpha value is -1.67. The average molecular weight is 302 g/mol. The fourth-order valence-electron chi connectivity index (χ4n) is 1.58. The molecule has 0 saturated carbocycles. The van der Waals surface area contributed by atoms with Crippen LogP contribution in [0.4, 0.5) is 0 Å². The first-order chi connectivity index (χ1) is 9.79. The van der Waals surface area contributed by atoms with Crippen molar-refractivity contribution in [3.05, 3.63) is 0 Å². The molecule has 7 N–H and O–H groups in total. The molecule has 0 aromatic carbocycles. The van der Waals surface area contributed by atoms with Gasteiger partial charge in [0.05, 0.1) is 12.6 Å². The van der Waals surface area contributed by atoms with E-state index < -0.39 is 29.9 Å². The number of hydrogen-bond acceptors (Lipinski definition) is 5. The van der Waals surface area contributed by atoms with Crippen molar-refractivity contribution >= 4 is 17.8 Å². The number of carboxylic acid groups (broad SMARTS) is 1. The molecule has 2 atom stereocenters. The van der Waals surface area contributed by atoms with Gasteiger partial charge < -0.3 is 27.2 Å². The van der Waals surface area contributed by atoms with Gasteiger partial charge in [0.15, 0.2) is 0 Å². The van der Waals surface area contributed by atoms with Crippen LogP contribution in [0.15, 0.2) is 0 Å². The maximum absolute atomic E-state index is 11.6. The van der Waals surface area contributed by atoms with Gasteiger partial charge in [-0.15, -0.1) is 0 Å². The standard InChI is InChI=1S/C13H26N4O4/c1-8(2)11(15)12(19)16-7-10(18)17-9(13(20)21)5-3-4-6-14/h8-9,11H,3-7,14-15H2,1-2H3,(H,16,19)(H,17,18)(H,20,21)/t9-,11-/m0/s1. The lowest BCUT2D eigenvalue weighted by Crippen LogP contribution is -2.49. The zero-order chi connectivity index (χ0) is 16.4. The number of hydrogen-bond donors (Lipinski definition) is 5. The van der Waals surface area contributed by atoms with Gasteiger partial charge in [-0.25, -0.2) is 4.79 Å². The third kappa shape index (κ3) is 8.26. The largest absolute Gasteiger partial charge is 0.480 e. The molecule has 0 saturated heterocycles. The Labute approximate surface area is 124 Å². The highest BCUT2D eigenvalue weighted by Gasteiger charge is 2.21. The van der Waals surface area contributed by atoms with E-state index in [1.54, 1.807) is 13.8 Å². The third-order valence-electron chi connectivity index (χ3n) is 3.02. The van der Waals surface area contributed by atoms with Crippen LogP contribution in [0, 0.1) is 5.92 Å². The van der Waals surface area contributed by atoms with E-state index >= 15 is 0 Å². The number of rotatable bonds is 10. The summed E-state index contributed by atoms with van der Waals surface area (Å²) in [5.41, 5.74) is 11.0. The number of carboxylic acids is 1. The Morgan fingerprint density at radius 1 is 1.19 bits per heavy atom. The minimum absolute atomic E-state index is 0.0453. The van der Waals surface area contributed by atoms with E-state index in [9.17, 15) is 14.4 Å². The lowest BCUT2D eigenvalue weighted by molar-refractivity contribution is -0.142. The highest BCUT2D eigenvalue weighted by Crippen LogP contribution is 2.01. The SMILES string of the molecule is CC(C)[C@H](N)C(=O)NCC(=O)N[C@@H](CCCCN)C(=O)O. The van der Waals surface area contributed by atoms with Crippen LogP contribution in [0.2, 0.25) is 0 Å². The number of amides is 2. The summed E-state index contributed by atoms with van der Waals surface area (Å²) in [5.74, 6) is -2.14. The van der Waals surface area contributed by atoms with Gasteiger partial charge in [0.25, 0.3) is 0 Å². The van der Waals surface area contributed by atoms with E-state index in [1.165, 1.54) is 0 Å². The lowest BCUT2D eigenvalue weighted by Gasteiger charge is -2.17. The van der Waals surface area contributed by atoms with Gasteiger partial charge in [-0.1, -0.05) is 13.8 Å². The highest BCUT2D eigenvalue weighted by molar-refractivity contribution is 5.89. The second kappa shape index (κ2) is 10.1. The van der Waals surface area contributed by atoms with E-state index in [-0.39, 0.29) is 12.5 Å². The minimum Gasteiger partial charge on any atom is -0.480 e. The average Bonchev–Trinajstić information content (AvgIpc) is 2.42. The zero-order valence-electron chi connectivity index (χ0n) is 12.6. The fraction of sp³-hybridized carbons (Fsp3) is 0.769. The van der Waals surface area contributed by atoms with E-state index in [0.29, 0.717) is 25.8 Å². The molecule has 2 amide bonds. The second-order valence-corrected chi connectivity index (χ2v) is 5.23. The van der Waals surface area contributed by atoms with Crippen molar-refractivity contribution in [3.8, 4) is 0 Å². The maximum Gasteiger partial charge on any atom is 0.326 e. The molecule has 0 unspecified atom stereocenters. The molecule has 0 aliphatic heterocycles. The van der Waals surface area contributed by atoms with E-state index in [4.69, 9.17) is 16.6 Å². The predicted octanol–water partition coefficient (Wildman–Crippen LogP) is -1.22. The lowest BCUT2D eigenvalue weighted by atomic mass is 10.1. The van der Waals surface area contributed by atoms with Gasteiger partial charge in [0.1, 0.15) is 6.04 Å². The van der Waals surface area contributed by atoms with Crippen LogP contribution in [0.25, 0.3) is 0 Å². The molecule has 0 heterocycles. The number of nitrogens with two attached hydrogens (primary N) is 2. The van der Waals surface area contributed by atoms with Gasteiger partial charge in [0.2, 0.25) is 11.8 Å². The third-order valence-corrected chi connectivity index (χ3v) is 3.02. The highest BCUT2D eigenvalue weighted by atomic mass is 16.4. The van der Waals surface area contributed by atoms with Crippen molar-refractivity contribution in [2.75, 3.05) is 13.1 Å². The minimum atomic E-state index is -1.11. The smallest absolute Gasteiger partial charge is 0.326 e. The molecule has 0 bridgehead atoms. The molecule has 0 aliphatic rings. The first-order valence-corrected chi connectivity index (χ1v) is 7.05. The van der Waals surface area contributed by atoms with Crippen LogP contribution in [0.1, 0.15) is 33.1 Å². The predicted molar refractivity (Wildman–Crippen MR) is 78.3 cm³/mol. The summed E-state index contributed by atoms with van der Waals surface area (Å²) in [7, 11) is 0. The molecule has 0 radical (unpaired) electrons. The topological polar surface area (TPSA) is 148 Å².